The number of rotatable bonds is 5. The number of amides is 2. The van der Waals surface area contributed by atoms with Crippen LogP contribution in [0.5, 0.6) is 0 Å². The molecule has 1 aliphatic carbocycles. The summed E-state index contributed by atoms with van der Waals surface area (Å²) in [5.74, 6) is 0.684. The van der Waals surface area contributed by atoms with Crippen molar-refractivity contribution in [2.75, 3.05) is 25.0 Å². The minimum atomic E-state index is -0.0445. The summed E-state index contributed by atoms with van der Waals surface area (Å²) in [5.41, 5.74) is 8.39. The van der Waals surface area contributed by atoms with Gasteiger partial charge >= 0.3 is 0 Å². The third-order valence-corrected chi connectivity index (χ3v) is 6.57. The molecule has 0 radical (unpaired) electrons. The molecule has 29 heavy (non-hydrogen) atoms. The van der Waals surface area contributed by atoms with E-state index in [2.05, 4.69) is 12.2 Å². The van der Waals surface area contributed by atoms with E-state index in [0.29, 0.717) is 24.4 Å². The molecule has 1 heterocycles. The second-order valence-electron chi connectivity index (χ2n) is 9.02. The minimum absolute atomic E-state index is 0. The molecule has 1 saturated heterocycles. The number of hydrogen-bond acceptors (Lipinski definition) is 3. The van der Waals surface area contributed by atoms with Crippen LogP contribution in [0.15, 0.2) is 18.2 Å². The summed E-state index contributed by atoms with van der Waals surface area (Å²) >= 11 is 0. The molecule has 2 aliphatic rings. The summed E-state index contributed by atoms with van der Waals surface area (Å²) in [5, 5.41) is 3.05. The molecule has 162 valence electrons. The number of anilines is 1. The highest BCUT2D eigenvalue weighted by Gasteiger charge is 2.33. The predicted molar refractivity (Wildman–Crippen MR) is 121 cm³/mol. The van der Waals surface area contributed by atoms with Gasteiger partial charge in [-0.05, 0) is 74.2 Å². The van der Waals surface area contributed by atoms with Gasteiger partial charge in [-0.15, -0.1) is 12.4 Å². The van der Waals surface area contributed by atoms with E-state index in [4.69, 9.17) is 5.73 Å². The van der Waals surface area contributed by atoms with Crippen molar-refractivity contribution in [1.29, 1.82) is 0 Å². The third-order valence-electron chi connectivity index (χ3n) is 6.57. The maximum Gasteiger partial charge on any atom is 0.253 e. The van der Waals surface area contributed by atoms with Crippen LogP contribution >= 0.6 is 12.4 Å². The van der Waals surface area contributed by atoms with Gasteiger partial charge in [0.25, 0.3) is 5.91 Å². The number of carbonyl (C=O) groups is 2. The van der Waals surface area contributed by atoms with Crippen molar-refractivity contribution in [2.24, 2.45) is 17.1 Å². The Morgan fingerprint density at radius 1 is 1.21 bits per heavy atom. The van der Waals surface area contributed by atoms with Crippen molar-refractivity contribution in [3.8, 4) is 0 Å². The first kappa shape index (κ1) is 23.7. The molecule has 5 nitrogen and oxygen atoms in total. The van der Waals surface area contributed by atoms with E-state index in [9.17, 15) is 9.59 Å². The Labute approximate surface area is 181 Å². The largest absolute Gasteiger partial charge is 0.338 e. The number of hydrogen-bond donors (Lipinski definition) is 2. The fourth-order valence-electron chi connectivity index (χ4n) is 4.78. The summed E-state index contributed by atoms with van der Waals surface area (Å²) in [6.07, 6.45) is 8.39. The number of nitrogens with one attached hydrogen (secondary N) is 1. The van der Waals surface area contributed by atoms with Crippen molar-refractivity contribution < 1.29 is 9.59 Å². The van der Waals surface area contributed by atoms with Crippen molar-refractivity contribution in [3.63, 3.8) is 0 Å². The molecule has 1 saturated carbocycles. The SMILES string of the molecule is Cc1cc(C(=O)N2CCCC(C)C2)ccc1NC(=O)CC1(CN)CCCCC1.Cl. The number of piperidine rings is 1. The topological polar surface area (TPSA) is 75.4 Å². The molecule has 1 aromatic rings. The van der Waals surface area contributed by atoms with E-state index in [-0.39, 0.29) is 29.6 Å². The maximum absolute atomic E-state index is 12.8. The van der Waals surface area contributed by atoms with Gasteiger partial charge in [-0.1, -0.05) is 26.2 Å². The highest BCUT2D eigenvalue weighted by molar-refractivity contribution is 5.96. The summed E-state index contributed by atoms with van der Waals surface area (Å²) in [6.45, 7) is 6.38. The molecule has 2 fully saturated rings. The zero-order valence-electron chi connectivity index (χ0n) is 17.8. The van der Waals surface area contributed by atoms with Crippen LogP contribution in [0.3, 0.4) is 0 Å². The minimum Gasteiger partial charge on any atom is -0.338 e. The van der Waals surface area contributed by atoms with Gasteiger partial charge in [0.1, 0.15) is 0 Å². The predicted octanol–water partition coefficient (Wildman–Crippen LogP) is 4.53. The Bertz CT molecular complexity index is 716. The number of carbonyl (C=O) groups excluding carboxylic acids is 2. The van der Waals surface area contributed by atoms with E-state index in [0.717, 1.165) is 56.4 Å². The third kappa shape index (κ3) is 5.95. The smallest absolute Gasteiger partial charge is 0.253 e. The number of aryl methyl sites for hydroxylation is 1. The molecule has 3 N–H and O–H groups in total. The zero-order valence-corrected chi connectivity index (χ0v) is 18.7. The molecule has 1 aromatic carbocycles. The van der Waals surface area contributed by atoms with Gasteiger partial charge < -0.3 is 16.0 Å². The van der Waals surface area contributed by atoms with Gasteiger partial charge in [0, 0.05) is 30.8 Å². The van der Waals surface area contributed by atoms with Gasteiger partial charge in [-0.3, -0.25) is 9.59 Å². The lowest BCUT2D eigenvalue weighted by Crippen LogP contribution is -2.39. The lowest BCUT2D eigenvalue weighted by molar-refractivity contribution is -0.118. The van der Waals surface area contributed by atoms with Crippen molar-refractivity contribution >= 4 is 29.9 Å². The van der Waals surface area contributed by atoms with E-state index >= 15 is 0 Å². The Morgan fingerprint density at radius 2 is 1.93 bits per heavy atom. The Hall–Kier alpha value is -1.59. The normalized spacial score (nSPS) is 21.2. The molecule has 3 rings (SSSR count). The molecular weight excluding hydrogens is 386 g/mol. The summed E-state index contributed by atoms with van der Waals surface area (Å²) in [7, 11) is 0. The molecular formula is C23H36ClN3O2. The molecule has 0 aromatic heterocycles. The van der Waals surface area contributed by atoms with Crippen molar-refractivity contribution in [1.82, 2.24) is 4.90 Å². The average molecular weight is 422 g/mol. The number of nitrogens with two attached hydrogens (primary N) is 1. The van der Waals surface area contributed by atoms with E-state index in [1.807, 2.05) is 30.0 Å². The number of halogens is 1. The van der Waals surface area contributed by atoms with Crippen LogP contribution in [-0.2, 0) is 4.79 Å². The van der Waals surface area contributed by atoms with Crippen LogP contribution in [0, 0.1) is 18.3 Å². The van der Waals surface area contributed by atoms with Crippen molar-refractivity contribution in [3.05, 3.63) is 29.3 Å². The van der Waals surface area contributed by atoms with Crippen LogP contribution in [0.2, 0.25) is 0 Å². The first-order chi connectivity index (χ1) is 13.4. The van der Waals surface area contributed by atoms with E-state index in [1.165, 1.54) is 12.8 Å². The molecule has 6 heteroatoms. The lowest BCUT2D eigenvalue weighted by atomic mass is 9.71. The second-order valence-corrected chi connectivity index (χ2v) is 9.02. The van der Waals surface area contributed by atoms with Gasteiger partial charge in [-0.2, -0.15) is 0 Å². The Balaban J connectivity index is 0.00000300. The Kier molecular flexibility index (Phi) is 8.53. The molecule has 0 spiro atoms. The highest BCUT2D eigenvalue weighted by Crippen LogP contribution is 2.38. The van der Waals surface area contributed by atoms with Gasteiger partial charge in [0.05, 0.1) is 0 Å². The monoisotopic (exact) mass is 421 g/mol. The zero-order chi connectivity index (χ0) is 20.1. The quantitative estimate of drug-likeness (QED) is 0.733. The van der Waals surface area contributed by atoms with Crippen LogP contribution < -0.4 is 11.1 Å². The van der Waals surface area contributed by atoms with Crippen LogP contribution in [0.1, 0.15) is 74.2 Å². The molecule has 1 aliphatic heterocycles. The van der Waals surface area contributed by atoms with E-state index in [1.54, 1.807) is 0 Å². The van der Waals surface area contributed by atoms with Gasteiger partial charge in [0.2, 0.25) is 5.91 Å². The standard InChI is InChI=1S/C23H35N3O2.ClH/c1-17-7-6-12-26(15-17)22(28)19-8-9-20(18(2)13-19)25-21(27)14-23(16-24)10-4-3-5-11-23;/h8-9,13,17H,3-7,10-12,14-16,24H2,1-2H3,(H,25,27);1H. The Morgan fingerprint density at radius 3 is 2.55 bits per heavy atom. The summed E-state index contributed by atoms with van der Waals surface area (Å²) < 4.78 is 0. The lowest BCUT2D eigenvalue weighted by Gasteiger charge is -2.35. The van der Waals surface area contributed by atoms with Crippen LogP contribution in [0.25, 0.3) is 0 Å². The van der Waals surface area contributed by atoms with E-state index < -0.39 is 0 Å². The van der Waals surface area contributed by atoms with Gasteiger partial charge in [-0.25, -0.2) is 0 Å². The fourth-order valence-corrected chi connectivity index (χ4v) is 4.78. The van der Waals surface area contributed by atoms with Crippen LogP contribution in [0.4, 0.5) is 5.69 Å². The molecule has 2 amide bonds. The number of nitrogens with zero attached hydrogens (tertiary/aromatic N) is 1. The fraction of sp³-hybridized carbons (Fsp3) is 0.652. The second kappa shape index (κ2) is 10.4. The first-order valence-electron chi connectivity index (χ1n) is 10.8. The molecule has 0 bridgehead atoms. The van der Waals surface area contributed by atoms with Crippen LogP contribution in [-0.4, -0.2) is 36.3 Å². The summed E-state index contributed by atoms with van der Waals surface area (Å²) in [4.78, 5) is 27.4. The average Bonchev–Trinajstić information content (AvgIpc) is 2.69. The molecule has 1 atom stereocenters. The highest BCUT2D eigenvalue weighted by atomic mass is 35.5. The summed E-state index contributed by atoms with van der Waals surface area (Å²) in [6, 6.07) is 5.60. The number of benzene rings is 1. The van der Waals surface area contributed by atoms with Gasteiger partial charge in [0.15, 0.2) is 0 Å². The first-order valence-corrected chi connectivity index (χ1v) is 10.8. The molecule has 1 unspecified atom stereocenters. The number of likely N-dealkylation sites (tertiary alicyclic amines) is 1. The maximum atomic E-state index is 12.8. The van der Waals surface area contributed by atoms with Crippen molar-refractivity contribution in [2.45, 2.75) is 65.2 Å².